The van der Waals surface area contributed by atoms with Crippen molar-refractivity contribution in [3.8, 4) is 0 Å². The van der Waals surface area contributed by atoms with Gasteiger partial charge in [0.05, 0.1) is 12.3 Å². The van der Waals surface area contributed by atoms with Crippen LogP contribution < -0.4 is 0 Å². The molecule has 1 fully saturated rings. The van der Waals surface area contributed by atoms with Crippen molar-refractivity contribution in [2.75, 3.05) is 32.7 Å². The van der Waals surface area contributed by atoms with Gasteiger partial charge >= 0.3 is 0 Å². The molecule has 0 bridgehead atoms. The first-order chi connectivity index (χ1) is 11.1. The van der Waals surface area contributed by atoms with Crippen LogP contribution in [-0.4, -0.2) is 57.4 Å². The van der Waals surface area contributed by atoms with Crippen molar-refractivity contribution >= 4 is 11.6 Å². The van der Waals surface area contributed by atoms with Crippen LogP contribution in [0.15, 0.2) is 36.7 Å². The van der Waals surface area contributed by atoms with E-state index < -0.39 is 6.10 Å². The molecule has 1 aromatic heterocycles. The third-order valence-electron chi connectivity index (χ3n) is 4.32. The molecule has 0 spiro atoms. The number of halogens is 1. The molecule has 1 aliphatic heterocycles. The Morgan fingerprint density at radius 1 is 1.17 bits per heavy atom. The molecular formula is C17H23ClN4O. The highest BCUT2D eigenvalue weighted by Crippen LogP contribution is 2.23. The Kier molecular flexibility index (Phi) is 5.33. The molecule has 23 heavy (non-hydrogen) atoms. The summed E-state index contributed by atoms with van der Waals surface area (Å²) in [4.78, 5) is 4.73. The molecule has 1 unspecified atom stereocenters. The van der Waals surface area contributed by atoms with Crippen LogP contribution in [0.5, 0.6) is 0 Å². The number of rotatable bonds is 5. The summed E-state index contributed by atoms with van der Waals surface area (Å²) in [6.07, 6.45) is 3.45. The lowest BCUT2D eigenvalue weighted by atomic mass is 10.1. The van der Waals surface area contributed by atoms with Crippen molar-refractivity contribution in [2.24, 2.45) is 7.05 Å². The predicted molar refractivity (Wildman–Crippen MR) is 91.3 cm³/mol. The summed E-state index contributed by atoms with van der Waals surface area (Å²) in [5.41, 5.74) is 2.06. The number of aromatic nitrogens is 2. The summed E-state index contributed by atoms with van der Waals surface area (Å²) in [5, 5.41) is 15.3. The topological polar surface area (TPSA) is 44.5 Å². The maximum absolute atomic E-state index is 10.4. The fraction of sp³-hybridized carbons (Fsp3) is 0.471. The van der Waals surface area contributed by atoms with Crippen LogP contribution >= 0.6 is 11.6 Å². The first-order valence-corrected chi connectivity index (χ1v) is 8.34. The second-order valence-corrected chi connectivity index (χ2v) is 6.54. The average Bonchev–Trinajstić information content (AvgIpc) is 2.95. The van der Waals surface area contributed by atoms with E-state index in [0.29, 0.717) is 11.6 Å². The maximum atomic E-state index is 10.4. The van der Waals surface area contributed by atoms with Crippen LogP contribution in [-0.2, 0) is 13.6 Å². The standard InChI is InChI=1S/C17H23ClN4O/c1-20-11-14(10-19-20)12-21-6-8-22(9-7-21)13-17(23)15-4-2-3-5-16(15)18/h2-5,10-11,17,23H,6-9,12-13H2,1H3. The summed E-state index contributed by atoms with van der Waals surface area (Å²) in [6, 6.07) is 7.52. The van der Waals surface area contributed by atoms with Gasteiger partial charge in [-0.3, -0.25) is 14.5 Å². The number of aryl methyl sites for hydroxylation is 1. The number of piperazine rings is 1. The smallest absolute Gasteiger partial charge is 0.0931 e. The predicted octanol–water partition coefficient (Wildman–Crippen LogP) is 1.92. The largest absolute Gasteiger partial charge is 0.387 e. The molecule has 1 aromatic carbocycles. The van der Waals surface area contributed by atoms with E-state index in [1.165, 1.54) is 5.56 Å². The highest BCUT2D eigenvalue weighted by atomic mass is 35.5. The molecule has 2 heterocycles. The van der Waals surface area contributed by atoms with Crippen molar-refractivity contribution in [3.63, 3.8) is 0 Å². The maximum Gasteiger partial charge on any atom is 0.0931 e. The summed E-state index contributed by atoms with van der Waals surface area (Å²) < 4.78 is 1.84. The number of hydrogen-bond acceptors (Lipinski definition) is 4. The lowest BCUT2D eigenvalue weighted by molar-refractivity contribution is 0.0701. The van der Waals surface area contributed by atoms with Crippen molar-refractivity contribution in [1.29, 1.82) is 0 Å². The number of benzene rings is 1. The van der Waals surface area contributed by atoms with Crippen LogP contribution in [0.1, 0.15) is 17.2 Å². The van der Waals surface area contributed by atoms with Crippen LogP contribution in [0.3, 0.4) is 0 Å². The summed E-state index contributed by atoms with van der Waals surface area (Å²) in [6.45, 7) is 5.50. The number of hydrogen-bond donors (Lipinski definition) is 1. The highest BCUT2D eigenvalue weighted by molar-refractivity contribution is 6.31. The highest BCUT2D eigenvalue weighted by Gasteiger charge is 2.21. The minimum absolute atomic E-state index is 0.534. The SMILES string of the molecule is Cn1cc(CN2CCN(CC(O)c3ccccc3Cl)CC2)cn1. The van der Waals surface area contributed by atoms with Crippen molar-refractivity contribution in [1.82, 2.24) is 19.6 Å². The average molecular weight is 335 g/mol. The molecule has 1 saturated heterocycles. The van der Waals surface area contributed by atoms with Gasteiger partial charge in [0.15, 0.2) is 0 Å². The zero-order valence-corrected chi connectivity index (χ0v) is 14.2. The van der Waals surface area contributed by atoms with Crippen LogP contribution in [0.4, 0.5) is 0 Å². The molecule has 0 amide bonds. The number of β-amino-alcohol motifs (C(OH)–C–C–N with tert-alkyl or cyclic N) is 1. The Labute approximate surface area is 142 Å². The molecule has 1 atom stereocenters. The molecule has 124 valence electrons. The first-order valence-electron chi connectivity index (χ1n) is 7.96. The number of aliphatic hydroxyl groups excluding tert-OH is 1. The van der Waals surface area contributed by atoms with Gasteiger partial charge in [0, 0.05) is 68.7 Å². The van der Waals surface area contributed by atoms with Gasteiger partial charge in [-0.25, -0.2) is 0 Å². The second-order valence-electron chi connectivity index (χ2n) is 6.14. The van der Waals surface area contributed by atoms with E-state index in [2.05, 4.69) is 21.1 Å². The lowest BCUT2D eigenvalue weighted by Gasteiger charge is -2.35. The third kappa shape index (κ3) is 4.32. The molecule has 6 heteroatoms. The van der Waals surface area contributed by atoms with Crippen LogP contribution in [0.2, 0.25) is 5.02 Å². The van der Waals surface area contributed by atoms with E-state index >= 15 is 0 Å². The third-order valence-corrected chi connectivity index (χ3v) is 4.67. The van der Waals surface area contributed by atoms with Gasteiger partial charge in [-0.05, 0) is 6.07 Å². The van der Waals surface area contributed by atoms with Crippen molar-refractivity contribution in [3.05, 3.63) is 52.8 Å². The van der Waals surface area contributed by atoms with Gasteiger partial charge < -0.3 is 5.11 Å². The van der Waals surface area contributed by atoms with Crippen molar-refractivity contribution < 1.29 is 5.11 Å². The fourth-order valence-electron chi connectivity index (χ4n) is 3.03. The van der Waals surface area contributed by atoms with Gasteiger partial charge in [0.2, 0.25) is 0 Å². The first kappa shape index (κ1) is 16.5. The molecule has 2 aromatic rings. The Balaban J connectivity index is 1.48. The van der Waals surface area contributed by atoms with E-state index in [-0.39, 0.29) is 0 Å². The molecule has 0 saturated carbocycles. The van der Waals surface area contributed by atoms with Crippen LogP contribution in [0, 0.1) is 0 Å². The van der Waals surface area contributed by atoms with Gasteiger partial charge in [-0.1, -0.05) is 29.8 Å². The molecule has 1 aliphatic rings. The Bertz CT molecular complexity index is 637. The lowest BCUT2D eigenvalue weighted by Crippen LogP contribution is -2.47. The van der Waals surface area contributed by atoms with Crippen LogP contribution in [0.25, 0.3) is 0 Å². The Morgan fingerprint density at radius 3 is 2.52 bits per heavy atom. The minimum atomic E-state index is -0.534. The Morgan fingerprint density at radius 2 is 1.87 bits per heavy atom. The number of aliphatic hydroxyl groups is 1. The molecule has 1 N–H and O–H groups in total. The zero-order valence-electron chi connectivity index (χ0n) is 13.4. The molecule has 3 rings (SSSR count). The minimum Gasteiger partial charge on any atom is -0.387 e. The van der Waals surface area contributed by atoms with Gasteiger partial charge in [0.1, 0.15) is 0 Å². The van der Waals surface area contributed by atoms with Gasteiger partial charge in [-0.15, -0.1) is 0 Å². The molecule has 0 radical (unpaired) electrons. The number of nitrogens with zero attached hydrogens (tertiary/aromatic N) is 4. The van der Waals surface area contributed by atoms with E-state index in [1.807, 2.05) is 42.2 Å². The van der Waals surface area contributed by atoms with Crippen molar-refractivity contribution in [2.45, 2.75) is 12.6 Å². The summed E-state index contributed by atoms with van der Waals surface area (Å²) >= 11 is 6.16. The molecule has 0 aliphatic carbocycles. The van der Waals surface area contributed by atoms with E-state index in [4.69, 9.17) is 11.6 Å². The van der Waals surface area contributed by atoms with Gasteiger partial charge in [-0.2, -0.15) is 5.10 Å². The zero-order chi connectivity index (χ0) is 16.2. The fourth-order valence-corrected chi connectivity index (χ4v) is 3.29. The quantitative estimate of drug-likeness (QED) is 0.907. The Hall–Kier alpha value is -1.40. The summed E-state index contributed by atoms with van der Waals surface area (Å²) in [5.74, 6) is 0. The van der Waals surface area contributed by atoms with E-state index in [0.717, 1.165) is 38.3 Å². The molecule has 5 nitrogen and oxygen atoms in total. The van der Waals surface area contributed by atoms with Gasteiger partial charge in [0.25, 0.3) is 0 Å². The van der Waals surface area contributed by atoms with E-state index in [1.54, 1.807) is 0 Å². The monoisotopic (exact) mass is 334 g/mol. The summed E-state index contributed by atoms with van der Waals surface area (Å²) in [7, 11) is 1.94. The second kappa shape index (κ2) is 7.45. The normalized spacial score (nSPS) is 18.2. The van der Waals surface area contributed by atoms with E-state index in [9.17, 15) is 5.11 Å². The molecular weight excluding hydrogens is 312 g/mol.